The van der Waals surface area contributed by atoms with E-state index >= 15 is 0 Å². The fourth-order valence-corrected chi connectivity index (χ4v) is 3.71. The van der Waals surface area contributed by atoms with Gasteiger partial charge in [-0.15, -0.1) is 0 Å². The lowest BCUT2D eigenvalue weighted by atomic mass is 9.81. The second-order valence-corrected chi connectivity index (χ2v) is 6.87. The van der Waals surface area contributed by atoms with Crippen molar-refractivity contribution in [1.29, 1.82) is 0 Å². The molecule has 0 unspecified atom stereocenters. The molecule has 4 nitrogen and oxygen atoms in total. The molecule has 2 N–H and O–H groups in total. The number of H-pyrrole nitrogens is 1. The molecule has 4 rings (SSSR count). The van der Waals surface area contributed by atoms with Gasteiger partial charge in [-0.2, -0.15) is 0 Å². The average Bonchev–Trinajstić information content (AvgIpc) is 3.06. The maximum absolute atomic E-state index is 11.3. The number of hydrogen-bond acceptors (Lipinski definition) is 3. The summed E-state index contributed by atoms with van der Waals surface area (Å²) in [5.74, 6) is 6.54. The zero-order valence-corrected chi connectivity index (χ0v) is 14.6. The van der Waals surface area contributed by atoms with Crippen molar-refractivity contribution in [3.63, 3.8) is 0 Å². The first-order valence-corrected chi connectivity index (χ1v) is 9.18. The number of nitrogens with one attached hydrogen (secondary N) is 2. The fourth-order valence-electron chi connectivity index (χ4n) is 3.71. The van der Waals surface area contributed by atoms with Gasteiger partial charge >= 0.3 is 5.76 Å². The lowest BCUT2D eigenvalue weighted by Gasteiger charge is -2.29. The molecule has 0 amide bonds. The van der Waals surface area contributed by atoms with E-state index in [2.05, 4.69) is 28.2 Å². The zero-order chi connectivity index (χ0) is 17.8. The van der Waals surface area contributed by atoms with Crippen LogP contribution in [-0.2, 0) is 0 Å². The van der Waals surface area contributed by atoms with Crippen LogP contribution < -0.4 is 11.1 Å². The summed E-state index contributed by atoms with van der Waals surface area (Å²) >= 11 is 0. The average molecular weight is 346 g/mol. The second kappa shape index (κ2) is 7.63. The largest absolute Gasteiger partial charge is 0.417 e. The normalized spacial score (nSPS) is 19.8. The van der Waals surface area contributed by atoms with Crippen molar-refractivity contribution in [3.8, 4) is 11.8 Å². The second-order valence-electron chi connectivity index (χ2n) is 6.87. The molecule has 1 aliphatic carbocycles. The van der Waals surface area contributed by atoms with Crippen molar-refractivity contribution in [1.82, 2.24) is 10.3 Å². The van der Waals surface area contributed by atoms with E-state index in [1.165, 1.54) is 5.56 Å². The van der Waals surface area contributed by atoms with Crippen LogP contribution in [0.3, 0.4) is 0 Å². The van der Waals surface area contributed by atoms with Gasteiger partial charge in [-0.25, -0.2) is 4.79 Å². The molecule has 3 aromatic rings. The molecule has 0 aliphatic heterocycles. The number of benzene rings is 2. The first-order valence-electron chi connectivity index (χ1n) is 9.18. The summed E-state index contributed by atoms with van der Waals surface area (Å²) in [6.45, 7) is 0.727. The summed E-state index contributed by atoms with van der Waals surface area (Å²) in [4.78, 5) is 14.0. The van der Waals surface area contributed by atoms with Crippen molar-refractivity contribution in [2.45, 2.75) is 37.6 Å². The Labute approximate surface area is 152 Å². The maximum Gasteiger partial charge on any atom is 0.417 e. The third-order valence-corrected chi connectivity index (χ3v) is 5.13. The van der Waals surface area contributed by atoms with Gasteiger partial charge < -0.3 is 9.73 Å². The zero-order valence-electron chi connectivity index (χ0n) is 14.6. The van der Waals surface area contributed by atoms with Gasteiger partial charge in [0.05, 0.1) is 12.1 Å². The molecule has 2 aromatic carbocycles. The van der Waals surface area contributed by atoms with Crippen LogP contribution in [0.25, 0.3) is 11.1 Å². The molecule has 1 aliphatic rings. The van der Waals surface area contributed by atoms with E-state index < -0.39 is 0 Å². The van der Waals surface area contributed by atoms with Gasteiger partial charge in [0.25, 0.3) is 0 Å². The highest BCUT2D eigenvalue weighted by atomic mass is 16.4. The van der Waals surface area contributed by atoms with Crippen LogP contribution in [0, 0.1) is 11.8 Å². The van der Waals surface area contributed by atoms with E-state index in [1.54, 1.807) is 0 Å². The first kappa shape index (κ1) is 16.7. The number of aromatic nitrogens is 1. The molecule has 0 saturated heterocycles. The number of rotatable bonds is 3. The molecule has 0 radical (unpaired) electrons. The summed E-state index contributed by atoms with van der Waals surface area (Å²) in [5, 5.41) is 3.56. The van der Waals surface area contributed by atoms with Crippen molar-refractivity contribution < 1.29 is 4.42 Å². The van der Waals surface area contributed by atoms with Crippen molar-refractivity contribution >= 4 is 11.1 Å². The maximum atomic E-state index is 11.3. The Morgan fingerprint density at radius 1 is 1.08 bits per heavy atom. The number of fused-ring (bicyclic) bond motifs is 1. The third-order valence-electron chi connectivity index (χ3n) is 5.13. The quantitative estimate of drug-likeness (QED) is 0.710. The molecule has 4 heteroatoms. The Hall–Kier alpha value is -2.77. The molecule has 1 aromatic heterocycles. The molecular weight excluding hydrogens is 324 g/mol. The molecule has 1 heterocycles. The van der Waals surface area contributed by atoms with E-state index in [0.717, 1.165) is 43.3 Å². The predicted octanol–water partition coefficient (Wildman–Crippen LogP) is 3.79. The number of oxazole rings is 1. The molecular formula is C22H22N2O2. The van der Waals surface area contributed by atoms with Crippen LogP contribution in [0.15, 0.2) is 57.7 Å². The Morgan fingerprint density at radius 2 is 1.88 bits per heavy atom. The van der Waals surface area contributed by atoms with Gasteiger partial charge in [0.2, 0.25) is 0 Å². The summed E-state index contributed by atoms with van der Waals surface area (Å²) in [6, 6.07) is 16.7. The van der Waals surface area contributed by atoms with Crippen molar-refractivity contribution in [2.75, 3.05) is 6.54 Å². The minimum Gasteiger partial charge on any atom is -0.408 e. The van der Waals surface area contributed by atoms with Gasteiger partial charge in [-0.1, -0.05) is 36.1 Å². The molecule has 0 bridgehead atoms. The van der Waals surface area contributed by atoms with Gasteiger partial charge in [0.1, 0.15) is 0 Å². The topological polar surface area (TPSA) is 58.0 Å². The Bertz CT molecular complexity index is 983. The van der Waals surface area contributed by atoms with Crippen LogP contribution >= 0.6 is 0 Å². The smallest absolute Gasteiger partial charge is 0.408 e. The summed E-state index contributed by atoms with van der Waals surface area (Å²) in [6.07, 6.45) is 4.58. The van der Waals surface area contributed by atoms with Crippen molar-refractivity contribution in [3.05, 3.63) is 70.2 Å². The highest BCUT2D eigenvalue weighted by Gasteiger charge is 2.22. The molecule has 0 spiro atoms. The van der Waals surface area contributed by atoms with Crippen LogP contribution in [0.1, 0.15) is 42.7 Å². The van der Waals surface area contributed by atoms with E-state index in [9.17, 15) is 4.79 Å². The van der Waals surface area contributed by atoms with E-state index in [1.807, 2.05) is 42.5 Å². The van der Waals surface area contributed by atoms with E-state index in [4.69, 9.17) is 4.42 Å². The monoisotopic (exact) mass is 346 g/mol. The number of aromatic amines is 1. The standard InChI is InChI=1S/C22H22N2O2/c25-22-24-20-13-10-18(15-21(20)26-22)17-8-11-19(12-9-17)23-14-4-7-16-5-2-1-3-6-16/h1-3,5-6,10,13,15,17,19,23H,8-9,11-12,14H2,(H,24,25). The van der Waals surface area contributed by atoms with Gasteiger partial charge in [-0.05, 0) is 61.4 Å². The number of hydrogen-bond donors (Lipinski definition) is 2. The molecule has 1 fully saturated rings. The lowest BCUT2D eigenvalue weighted by Crippen LogP contribution is -2.32. The van der Waals surface area contributed by atoms with E-state index in [-0.39, 0.29) is 5.76 Å². The van der Waals surface area contributed by atoms with E-state index in [0.29, 0.717) is 17.5 Å². The van der Waals surface area contributed by atoms with Crippen LogP contribution in [-0.4, -0.2) is 17.6 Å². The van der Waals surface area contributed by atoms with Gasteiger partial charge in [0.15, 0.2) is 5.58 Å². The van der Waals surface area contributed by atoms with Crippen LogP contribution in [0.4, 0.5) is 0 Å². The molecule has 26 heavy (non-hydrogen) atoms. The molecule has 1 saturated carbocycles. The Morgan fingerprint density at radius 3 is 2.69 bits per heavy atom. The summed E-state index contributed by atoms with van der Waals surface area (Å²) in [5.41, 5.74) is 3.75. The minimum absolute atomic E-state index is 0.387. The SMILES string of the molecule is O=c1[nH]c2ccc(C3CCC(NCC#Cc4ccccc4)CC3)cc2o1. The van der Waals surface area contributed by atoms with Crippen LogP contribution in [0.5, 0.6) is 0 Å². The van der Waals surface area contributed by atoms with Crippen molar-refractivity contribution in [2.24, 2.45) is 0 Å². The Balaban J connectivity index is 1.29. The fraction of sp³-hybridized carbons (Fsp3) is 0.318. The van der Waals surface area contributed by atoms with Crippen LogP contribution in [0.2, 0.25) is 0 Å². The summed E-state index contributed by atoms with van der Waals surface area (Å²) < 4.78 is 5.18. The molecule has 132 valence electrons. The minimum atomic E-state index is -0.387. The third kappa shape index (κ3) is 3.89. The van der Waals surface area contributed by atoms with Gasteiger partial charge in [-0.3, -0.25) is 4.98 Å². The Kier molecular flexibility index (Phi) is 4.90. The highest BCUT2D eigenvalue weighted by molar-refractivity contribution is 5.72. The summed E-state index contributed by atoms with van der Waals surface area (Å²) in [7, 11) is 0. The van der Waals surface area contributed by atoms with Gasteiger partial charge in [0, 0.05) is 11.6 Å². The predicted molar refractivity (Wildman–Crippen MR) is 103 cm³/mol. The first-order chi connectivity index (χ1) is 12.8. The lowest BCUT2D eigenvalue weighted by molar-refractivity contribution is 0.352. The molecule has 0 atom stereocenters. The highest BCUT2D eigenvalue weighted by Crippen LogP contribution is 2.33.